The van der Waals surface area contributed by atoms with Crippen LogP contribution in [0.2, 0.25) is 0 Å². The van der Waals surface area contributed by atoms with Gasteiger partial charge in [-0.3, -0.25) is 4.79 Å². The largest absolute Gasteiger partial charge is 0.469 e. The summed E-state index contributed by atoms with van der Waals surface area (Å²) in [7, 11) is 1.41. The fourth-order valence-electron chi connectivity index (χ4n) is 3.41. The predicted molar refractivity (Wildman–Crippen MR) is 87.9 cm³/mol. The molecule has 1 saturated heterocycles. The smallest absolute Gasteiger partial charge is 0.306 e. The Morgan fingerprint density at radius 1 is 1.30 bits per heavy atom. The highest BCUT2D eigenvalue weighted by Crippen LogP contribution is 2.51. The molecule has 3 rings (SSSR count). The molecule has 1 aromatic rings. The molecule has 0 saturated carbocycles. The lowest BCUT2D eigenvalue weighted by Gasteiger charge is -2.50. The fraction of sp³-hybridized carbons (Fsp3) is 0.526. The summed E-state index contributed by atoms with van der Waals surface area (Å²) >= 11 is 0. The number of methoxy groups -OCH3 is 1. The number of hydrogen-bond donors (Lipinski definition) is 0. The molecule has 0 amide bonds. The average Bonchev–Trinajstić information content (AvgIpc) is 2.54. The first-order valence-corrected chi connectivity index (χ1v) is 7.99. The minimum absolute atomic E-state index is 0.0284. The van der Waals surface area contributed by atoms with E-state index in [1.165, 1.54) is 7.11 Å². The van der Waals surface area contributed by atoms with Crippen LogP contribution < -0.4 is 0 Å². The Kier molecular flexibility index (Phi) is 4.07. The summed E-state index contributed by atoms with van der Waals surface area (Å²) in [5.74, 6) is -1.27. The van der Waals surface area contributed by atoms with Gasteiger partial charge in [-0.2, -0.15) is 0 Å². The Morgan fingerprint density at radius 2 is 1.96 bits per heavy atom. The summed E-state index contributed by atoms with van der Waals surface area (Å²) in [4.78, 5) is 12.0. The van der Waals surface area contributed by atoms with Gasteiger partial charge in [-0.05, 0) is 16.7 Å². The molecule has 1 aliphatic heterocycles. The number of fused-ring (bicyclic) bond motifs is 1. The normalized spacial score (nSPS) is 25.0. The molecule has 2 aliphatic rings. The highest BCUT2D eigenvalue weighted by atomic mass is 16.7. The van der Waals surface area contributed by atoms with Crippen molar-refractivity contribution in [1.29, 1.82) is 0 Å². The van der Waals surface area contributed by atoms with E-state index in [0.29, 0.717) is 19.6 Å². The van der Waals surface area contributed by atoms with Gasteiger partial charge in [0.15, 0.2) is 5.79 Å². The highest BCUT2D eigenvalue weighted by molar-refractivity contribution is 5.75. The molecule has 0 aromatic heterocycles. The van der Waals surface area contributed by atoms with E-state index in [0.717, 1.165) is 16.7 Å². The van der Waals surface area contributed by atoms with E-state index in [-0.39, 0.29) is 23.7 Å². The minimum Gasteiger partial charge on any atom is -0.469 e. The van der Waals surface area contributed by atoms with Gasteiger partial charge in [0.25, 0.3) is 0 Å². The average molecular weight is 316 g/mol. The molecule has 1 spiro atoms. The van der Waals surface area contributed by atoms with Crippen LogP contribution in [0, 0.1) is 5.41 Å². The number of esters is 1. The van der Waals surface area contributed by atoms with Crippen molar-refractivity contribution in [3.05, 3.63) is 42.0 Å². The van der Waals surface area contributed by atoms with E-state index in [9.17, 15) is 4.79 Å². The highest BCUT2D eigenvalue weighted by Gasteiger charge is 2.51. The SMILES string of the molecule is C=C1CC2(OCC(C)(C)CO2)C(CC(=O)OC)c2ccccc21. The van der Waals surface area contributed by atoms with Crippen LogP contribution in [0.25, 0.3) is 5.57 Å². The quantitative estimate of drug-likeness (QED) is 0.783. The number of ether oxygens (including phenoxy) is 3. The van der Waals surface area contributed by atoms with Crippen LogP contribution in [-0.2, 0) is 19.0 Å². The molecular weight excluding hydrogens is 292 g/mol. The number of hydrogen-bond acceptors (Lipinski definition) is 4. The number of carbonyl (C=O) groups is 1. The maximum absolute atomic E-state index is 12.0. The Labute approximate surface area is 137 Å². The van der Waals surface area contributed by atoms with Gasteiger partial charge in [0.05, 0.1) is 26.7 Å². The second-order valence-electron chi connectivity index (χ2n) is 7.25. The zero-order chi connectivity index (χ0) is 16.7. The number of carbonyl (C=O) groups excluding carboxylic acids is 1. The maximum atomic E-state index is 12.0. The Balaban J connectivity index is 2.01. The molecular formula is C19H24O4. The molecule has 4 nitrogen and oxygen atoms in total. The van der Waals surface area contributed by atoms with Crippen molar-refractivity contribution in [2.24, 2.45) is 5.41 Å². The van der Waals surface area contributed by atoms with Crippen LogP contribution in [0.5, 0.6) is 0 Å². The molecule has 1 aliphatic carbocycles. The molecule has 124 valence electrons. The van der Waals surface area contributed by atoms with E-state index in [4.69, 9.17) is 14.2 Å². The summed E-state index contributed by atoms with van der Waals surface area (Å²) in [6.45, 7) is 9.62. The number of rotatable bonds is 2. The Bertz CT molecular complexity index is 622. The Morgan fingerprint density at radius 3 is 2.61 bits per heavy atom. The van der Waals surface area contributed by atoms with Crippen molar-refractivity contribution in [3.8, 4) is 0 Å². The van der Waals surface area contributed by atoms with Gasteiger partial charge in [-0.25, -0.2) is 0 Å². The Hall–Kier alpha value is -1.65. The molecule has 0 N–H and O–H groups in total. The van der Waals surface area contributed by atoms with Crippen LogP contribution in [-0.4, -0.2) is 32.1 Å². The van der Waals surface area contributed by atoms with Crippen LogP contribution in [0.1, 0.15) is 43.7 Å². The van der Waals surface area contributed by atoms with Gasteiger partial charge < -0.3 is 14.2 Å². The van der Waals surface area contributed by atoms with Gasteiger partial charge in [0.1, 0.15) is 0 Å². The summed E-state index contributed by atoms with van der Waals surface area (Å²) in [6, 6.07) is 8.04. The zero-order valence-electron chi connectivity index (χ0n) is 14.1. The van der Waals surface area contributed by atoms with E-state index in [1.54, 1.807) is 0 Å². The second-order valence-corrected chi connectivity index (χ2v) is 7.25. The van der Waals surface area contributed by atoms with Crippen LogP contribution in [0.15, 0.2) is 30.8 Å². The topological polar surface area (TPSA) is 44.8 Å². The van der Waals surface area contributed by atoms with Gasteiger partial charge in [0, 0.05) is 17.8 Å². The fourth-order valence-corrected chi connectivity index (χ4v) is 3.41. The van der Waals surface area contributed by atoms with Crippen LogP contribution in [0.4, 0.5) is 0 Å². The van der Waals surface area contributed by atoms with Gasteiger partial charge >= 0.3 is 5.97 Å². The lowest BCUT2D eigenvalue weighted by molar-refractivity contribution is -0.308. The summed E-state index contributed by atoms with van der Waals surface area (Å²) < 4.78 is 17.3. The molecule has 23 heavy (non-hydrogen) atoms. The lowest BCUT2D eigenvalue weighted by atomic mass is 9.73. The van der Waals surface area contributed by atoms with Crippen molar-refractivity contribution in [1.82, 2.24) is 0 Å². The second kappa shape index (κ2) is 5.77. The van der Waals surface area contributed by atoms with E-state index in [2.05, 4.69) is 20.4 Å². The molecule has 1 unspecified atom stereocenters. The van der Waals surface area contributed by atoms with Gasteiger partial charge in [-0.15, -0.1) is 0 Å². The first kappa shape index (κ1) is 16.2. The third-order valence-electron chi connectivity index (χ3n) is 4.72. The van der Waals surface area contributed by atoms with Crippen molar-refractivity contribution < 1.29 is 19.0 Å². The molecule has 1 heterocycles. The van der Waals surface area contributed by atoms with Gasteiger partial charge in [0.2, 0.25) is 0 Å². The van der Waals surface area contributed by atoms with Crippen molar-refractivity contribution in [2.45, 2.75) is 38.4 Å². The zero-order valence-corrected chi connectivity index (χ0v) is 14.1. The van der Waals surface area contributed by atoms with Crippen molar-refractivity contribution >= 4 is 11.5 Å². The molecule has 1 aromatic carbocycles. The van der Waals surface area contributed by atoms with E-state index < -0.39 is 5.79 Å². The number of benzene rings is 1. The van der Waals surface area contributed by atoms with E-state index in [1.807, 2.05) is 24.3 Å². The molecule has 0 bridgehead atoms. The minimum atomic E-state index is -0.824. The standard InChI is InChI=1S/C19H24O4/c1-13-10-19(22-11-18(2,3)12-23-19)16(9-17(20)21-4)15-8-6-5-7-14(13)15/h5-8,16H,1,9-12H2,2-4H3. The summed E-state index contributed by atoms with van der Waals surface area (Å²) in [6.07, 6.45) is 0.809. The van der Waals surface area contributed by atoms with Crippen molar-refractivity contribution in [3.63, 3.8) is 0 Å². The third kappa shape index (κ3) is 2.93. The third-order valence-corrected chi connectivity index (χ3v) is 4.72. The molecule has 0 radical (unpaired) electrons. The molecule has 4 heteroatoms. The first-order chi connectivity index (χ1) is 10.9. The maximum Gasteiger partial charge on any atom is 0.306 e. The van der Waals surface area contributed by atoms with E-state index >= 15 is 0 Å². The molecule has 1 atom stereocenters. The predicted octanol–water partition coefficient (Wildman–Crippen LogP) is 3.52. The van der Waals surface area contributed by atoms with Crippen molar-refractivity contribution in [2.75, 3.05) is 20.3 Å². The molecule has 1 fully saturated rings. The lowest BCUT2D eigenvalue weighted by Crippen LogP contribution is -2.53. The monoisotopic (exact) mass is 316 g/mol. The summed E-state index contributed by atoms with van der Waals surface area (Å²) in [5, 5.41) is 0. The van der Waals surface area contributed by atoms with Crippen LogP contribution >= 0.6 is 0 Å². The first-order valence-electron chi connectivity index (χ1n) is 7.99. The van der Waals surface area contributed by atoms with Crippen LogP contribution in [0.3, 0.4) is 0 Å². The van der Waals surface area contributed by atoms with Gasteiger partial charge in [-0.1, -0.05) is 44.7 Å². The summed E-state index contributed by atoms with van der Waals surface area (Å²) in [5.41, 5.74) is 3.10.